The van der Waals surface area contributed by atoms with Crippen molar-refractivity contribution >= 4 is 50.6 Å². The van der Waals surface area contributed by atoms with Crippen molar-refractivity contribution in [1.82, 2.24) is 9.21 Å². The molecule has 0 unspecified atom stereocenters. The fraction of sp³-hybridized carbons (Fsp3) is 0.389. The van der Waals surface area contributed by atoms with Crippen LogP contribution in [0, 0.1) is 0 Å². The van der Waals surface area contributed by atoms with E-state index in [1.807, 2.05) is 24.3 Å². The first kappa shape index (κ1) is 20.7. The number of benzene rings is 1. The molecule has 2 heterocycles. The predicted octanol–water partition coefficient (Wildman–Crippen LogP) is 4.05. The second kappa shape index (κ2) is 8.53. The van der Waals surface area contributed by atoms with Crippen LogP contribution in [0.4, 0.5) is 0 Å². The quantitative estimate of drug-likeness (QED) is 0.653. The van der Waals surface area contributed by atoms with E-state index in [9.17, 15) is 13.2 Å². The maximum absolute atomic E-state index is 13.0. The van der Waals surface area contributed by atoms with Gasteiger partial charge in [0.05, 0.1) is 9.90 Å². The Kier molecular flexibility index (Phi) is 6.53. The molecule has 27 heavy (non-hydrogen) atoms. The highest BCUT2D eigenvalue weighted by molar-refractivity contribution is 8.00. The van der Waals surface area contributed by atoms with Gasteiger partial charge in [-0.2, -0.15) is 4.31 Å². The molecule has 1 amide bonds. The predicted molar refractivity (Wildman–Crippen MR) is 111 cm³/mol. The van der Waals surface area contributed by atoms with Crippen LogP contribution in [0.1, 0.15) is 24.2 Å². The summed E-state index contributed by atoms with van der Waals surface area (Å²) in [5, 5.41) is 0.374. The smallest absolute Gasteiger partial charge is 0.255 e. The lowest BCUT2D eigenvalue weighted by atomic mass is 10.2. The van der Waals surface area contributed by atoms with Gasteiger partial charge in [0.25, 0.3) is 15.9 Å². The first-order valence-electron chi connectivity index (χ1n) is 8.59. The Morgan fingerprint density at radius 1 is 1.11 bits per heavy atom. The topological polar surface area (TPSA) is 57.7 Å². The Bertz CT molecular complexity index is 919. The summed E-state index contributed by atoms with van der Waals surface area (Å²) in [6.07, 6.45) is 0. The zero-order valence-electron chi connectivity index (χ0n) is 15.1. The summed E-state index contributed by atoms with van der Waals surface area (Å²) in [7, 11) is -3.55. The Hall–Kier alpha value is -1.06. The molecule has 1 aliphatic rings. The SMILES string of the molecule is CC(C)Sc1ccccc1C(=O)N1CCN(S(=O)(=O)c2ccc(Cl)s2)CC1. The van der Waals surface area contributed by atoms with Gasteiger partial charge < -0.3 is 4.90 Å². The summed E-state index contributed by atoms with van der Waals surface area (Å²) in [4.78, 5) is 15.6. The summed E-state index contributed by atoms with van der Waals surface area (Å²) in [6, 6.07) is 10.7. The molecule has 0 N–H and O–H groups in total. The standard InChI is InChI=1S/C18H21ClN2O3S3/c1-13(2)25-15-6-4-3-5-14(15)18(22)20-9-11-21(12-10-20)27(23,24)17-8-7-16(19)26-17/h3-8,13H,9-12H2,1-2H3. The van der Waals surface area contributed by atoms with Crippen LogP contribution in [-0.2, 0) is 10.0 Å². The highest BCUT2D eigenvalue weighted by Crippen LogP contribution is 2.30. The molecular formula is C18H21ClN2O3S3. The number of rotatable bonds is 5. The first-order chi connectivity index (χ1) is 12.8. The van der Waals surface area contributed by atoms with Crippen LogP contribution >= 0.6 is 34.7 Å². The third-order valence-corrected chi connectivity index (χ3v) is 8.83. The van der Waals surface area contributed by atoms with E-state index in [2.05, 4.69) is 13.8 Å². The molecule has 0 spiro atoms. The molecule has 146 valence electrons. The Morgan fingerprint density at radius 3 is 2.37 bits per heavy atom. The molecule has 1 aromatic carbocycles. The van der Waals surface area contributed by atoms with Crippen LogP contribution in [-0.4, -0.2) is 55.0 Å². The number of piperazine rings is 1. The van der Waals surface area contributed by atoms with Crippen LogP contribution < -0.4 is 0 Å². The molecule has 5 nitrogen and oxygen atoms in total. The average Bonchev–Trinajstić information content (AvgIpc) is 3.08. The van der Waals surface area contributed by atoms with Crippen LogP contribution in [0.3, 0.4) is 0 Å². The van der Waals surface area contributed by atoms with E-state index < -0.39 is 10.0 Å². The number of carbonyl (C=O) groups is 1. The number of thioether (sulfide) groups is 1. The normalized spacial score (nSPS) is 16.1. The van der Waals surface area contributed by atoms with Gasteiger partial charge >= 0.3 is 0 Å². The molecule has 0 atom stereocenters. The monoisotopic (exact) mass is 444 g/mol. The molecule has 1 saturated heterocycles. The lowest BCUT2D eigenvalue weighted by Crippen LogP contribution is -2.50. The molecule has 0 saturated carbocycles. The minimum atomic E-state index is -3.55. The second-order valence-electron chi connectivity index (χ2n) is 6.42. The van der Waals surface area contributed by atoms with E-state index in [1.165, 1.54) is 10.4 Å². The van der Waals surface area contributed by atoms with Gasteiger partial charge in [0, 0.05) is 36.3 Å². The van der Waals surface area contributed by atoms with E-state index in [0.29, 0.717) is 28.2 Å². The first-order valence-corrected chi connectivity index (χ1v) is 12.1. The molecule has 0 aliphatic carbocycles. The molecule has 0 radical (unpaired) electrons. The van der Waals surface area contributed by atoms with Gasteiger partial charge in [0.1, 0.15) is 4.21 Å². The minimum absolute atomic E-state index is 0.0463. The number of nitrogens with zero attached hydrogens (tertiary/aromatic N) is 2. The van der Waals surface area contributed by atoms with E-state index >= 15 is 0 Å². The van der Waals surface area contributed by atoms with Crippen LogP contribution in [0.25, 0.3) is 0 Å². The van der Waals surface area contributed by atoms with E-state index in [4.69, 9.17) is 11.6 Å². The van der Waals surface area contributed by atoms with Gasteiger partial charge in [-0.25, -0.2) is 8.42 Å². The van der Waals surface area contributed by atoms with Crippen molar-refractivity contribution in [3.63, 3.8) is 0 Å². The minimum Gasteiger partial charge on any atom is -0.336 e. The van der Waals surface area contributed by atoms with Crippen molar-refractivity contribution in [3.05, 3.63) is 46.3 Å². The molecular weight excluding hydrogens is 424 g/mol. The highest BCUT2D eigenvalue weighted by Gasteiger charge is 2.31. The largest absolute Gasteiger partial charge is 0.336 e. The third kappa shape index (κ3) is 4.68. The lowest BCUT2D eigenvalue weighted by Gasteiger charge is -2.34. The fourth-order valence-electron chi connectivity index (χ4n) is 2.87. The summed E-state index contributed by atoms with van der Waals surface area (Å²) in [5.74, 6) is -0.0463. The molecule has 1 aromatic heterocycles. The van der Waals surface area contributed by atoms with E-state index in [-0.39, 0.29) is 23.2 Å². The van der Waals surface area contributed by atoms with Crippen molar-refractivity contribution < 1.29 is 13.2 Å². The summed E-state index contributed by atoms with van der Waals surface area (Å²) < 4.78 is 27.5. The zero-order chi connectivity index (χ0) is 19.6. The molecule has 1 fully saturated rings. The van der Waals surface area contributed by atoms with Crippen molar-refractivity contribution in [1.29, 1.82) is 0 Å². The van der Waals surface area contributed by atoms with Gasteiger partial charge in [0.15, 0.2) is 0 Å². The van der Waals surface area contributed by atoms with Gasteiger partial charge in [-0.05, 0) is 24.3 Å². The molecule has 1 aliphatic heterocycles. The maximum Gasteiger partial charge on any atom is 0.255 e. The Morgan fingerprint density at radius 2 is 1.78 bits per heavy atom. The fourth-order valence-corrected chi connectivity index (χ4v) is 6.87. The average molecular weight is 445 g/mol. The van der Waals surface area contributed by atoms with Crippen molar-refractivity contribution in [2.75, 3.05) is 26.2 Å². The van der Waals surface area contributed by atoms with Gasteiger partial charge in [0.2, 0.25) is 0 Å². The van der Waals surface area contributed by atoms with Crippen molar-refractivity contribution in [2.45, 2.75) is 28.2 Å². The van der Waals surface area contributed by atoms with Gasteiger partial charge in [-0.1, -0.05) is 37.6 Å². The van der Waals surface area contributed by atoms with Crippen molar-refractivity contribution in [3.8, 4) is 0 Å². The summed E-state index contributed by atoms with van der Waals surface area (Å²) in [6.45, 7) is 5.49. The van der Waals surface area contributed by atoms with E-state index in [1.54, 1.807) is 22.7 Å². The number of halogens is 1. The summed E-state index contributed by atoms with van der Waals surface area (Å²) in [5.41, 5.74) is 0.678. The molecule has 9 heteroatoms. The highest BCUT2D eigenvalue weighted by atomic mass is 35.5. The van der Waals surface area contributed by atoms with Crippen LogP contribution in [0.5, 0.6) is 0 Å². The maximum atomic E-state index is 13.0. The number of amides is 1. The number of hydrogen-bond acceptors (Lipinski definition) is 5. The number of hydrogen-bond donors (Lipinski definition) is 0. The second-order valence-corrected chi connectivity index (χ2v) is 11.9. The number of sulfonamides is 1. The van der Waals surface area contributed by atoms with E-state index in [0.717, 1.165) is 16.2 Å². The van der Waals surface area contributed by atoms with Gasteiger partial charge in [-0.3, -0.25) is 4.79 Å². The molecule has 3 rings (SSSR count). The summed E-state index contributed by atoms with van der Waals surface area (Å²) >= 11 is 8.58. The van der Waals surface area contributed by atoms with Crippen molar-refractivity contribution in [2.24, 2.45) is 0 Å². The van der Waals surface area contributed by atoms with Gasteiger partial charge in [-0.15, -0.1) is 23.1 Å². The Balaban J connectivity index is 1.70. The molecule has 2 aromatic rings. The zero-order valence-corrected chi connectivity index (χ0v) is 18.3. The van der Waals surface area contributed by atoms with Crippen LogP contribution in [0.2, 0.25) is 4.34 Å². The number of thiophene rings is 1. The number of carbonyl (C=O) groups excluding carboxylic acids is 1. The molecule has 0 bridgehead atoms. The lowest BCUT2D eigenvalue weighted by molar-refractivity contribution is 0.0694. The Labute approximate surface area is 173 Å². The third-order valence-electron chi connectivity index (χ3n) is 4.15. The van der Waals surface area contributed by atoms with Crippen LogP contribution in [0.15, 0.2) is 45.5 Å².